The van der Waals surface area contributed by atoms with Crippen molar-refractivity contribution in [2.75, 3.05) is 0 Å². The highest BCUT2D eigenvalue weighted by Crippen LogP contribution is 2.42. The number of aliphatic carboxylic acids is 1. The summed E-state index contributed by atoms with van der Waals surface area (Å²) < 4.78 is 7.45. The number of halogens is 2. The SMILES string of the molecule is CC(C)c1cc(Oc2c(Br)cc(C(C)(C)C(=O)O)cc2Br)cc(/C=C/c2ccncc2)c1O. The van der Waals surface area contributed by atoms with Crippen molar-refractivity contribution in [3.63, 3.8) is 0 Å². The molecule has 0 spiro atoms. The van der Waals surface area contributed by atoms with E-state index in [1.807, 2.05) is 44.2 Å². The van der Waals surface area contributed by atoms with Gasteiger partial charge in [0.2, 0.25) is 0 Å². The van der Waals surface area contributed by atoms with E-state index in [4.69, 9.17) is 4.74 Å². The molecule has 172 valence electrons. The molecule has 2 N–H and O–H groups in total. The highest BCUT2D eigenvalue weighted by Gasteiger charge is 2.31. The zero-order valence-electron chi connectivity index (χ0n) is 18.8. The van der Waals surface area contributed by atoms with Crippen LogP contribution in [0.15, 0.2) is 57.7 Å². The monoisotopic (exact) mass is 573 g/mol. The summed E-state index contributed by atoms with van der Waals surface area (Å²) in [7, 11) is 0. The Balaban J connectivity index is 2.02. The molecule has 0 unspecified atom stereocenters. The van der Waals surface area contributed by atoms with Crippen LogP contribution in [0.4, 0.5) is 0 Å². The Kier molecular flexibility index (Phi) is 7.65. The molecule has 3 rings (SSSR count). The molecule has 0 aliphatic carbocycles. The lowest BCUT2D eigenvalue weighted by atomic mass is 9.85. The van der Waals surface area contributed by atoms with Crippen LogP contribution in [0.2, 0.25) is 0 Å². The van der Waals surface area contributed by atoms with Crippen molar-refractivity contribution < 1.29 is 19.7 Å². The fourth-order valence-electron chi connectivity index (χ4n) is 3.20. The summed E-state index contributed by atoms with van der Waals surface area (Å²) in [5, 5.41) is 20.4. The summed E-state index contributed by atoms with van der Waals surface area (Å²) >= 11 is 7.04. The number of phenolic OH excluding ortho intramolecular Hbond substituents is 1. The van der Waals surface area contributed by atoms with E-state index in [-0.39, 0.29) is 11.7 Å². The minimum absolute atomic E-state index is 0.0762. The summed E-state index contributed by atoms with van der Waals surface area (Å²) in [5.74, 6) is 0.439. The average molecular weight is 575 g/mol. The van der Waals surface area contributed by atoms with Crippen LogP contribution in [-0.2, 0) is 10.2 Å². The molecule has 0 saturated carbocycles. The normalized spacial score (nSPS) is 11.8. The van der Waals surface area contributed by atoms with Crippen LogP contribution in [0, 0.1) is 0 Å². The lowest BCUT2D eigenvalue weighted by Crippen LogP contribution is -2.28. The minimum Gasteiger partial charge on any atom is -0.507 e. The highest BCUT2D eigenvalue weighted by molar-refractivity contribution is 9.11. The predicted octanol–water partition coefficient (Wildman–Crippen LogP) is 7.76. The molecule has 3 aromatic rings. The Bertz CT molecular complexity index is 1180. The van der Waals surface area contributed by atoms with Gasteiger partial charge in [0.15, 0.2) is 5.75 Å². The third-order valence-corrected chi connectivity index (χ3v) is 6.58. The van der Waals surface area contributed by atoms with Gasteiger partial charge in [-0.15, -0.1) is 0 Å². The van der Waals surface area contributed by atoms with Crippen LogP contribution in [0.3, 0.4) is 0 Å². The number of ether oxygens (including phenoxy) is 1. The first-order chi connectivity index (χ1) is 15.5. The molecule has 2 aromatic carbocycles. The quantitative estimate of drug-likeness (QED) is 0.301. The predicted molar refractivity (Wildman–Crippen MR) is 138 cm³/mol. The molecule has 1 aromatic heterocycles. The number of pyridine rings is 1. The Morgan fingerprint density at radius 2 is 1.67 bits per heavy atom. The van der Waals surface area contributed by atoms with E-state index in [2.05, 4.69) is 36.8 Å². The van der Waals surface area contributed by atoms with Crippen LogP contribution in [0.5, 0.6) is 17.2 Å². The molecule has 0 fully saturated rings. The van der Waals surface area contributed by atoms with Crippen molar-refractivity contribution in [1.82, 2.24) is 4.98 Å². The summed E-state index contributed by atoms with van der Waals surface area (Å²) in [5.41, 5.74) is 1.93. The molecule has 0 amide bonds. The van der Waals surface area contributed by atoms with Gasteiger partial charge in [-0.25, -0.2) is 0 Å². The van der Waals surface area contributed by atoms with Crippen molar-refractivity contribution in [3.8, 4) is 17.2 Å². The molecule has 0 atom stereocenters. The van der Waals surface area contributed by atoms with Crippen LogP contribution in [0.25, 0.3) is 12.2 Å². The molecule has 7 heteroatoms. The van der Waals surface area contributed by atoms with Gasteiger partial charge in [-0.1, -0.05) is 26.0 Å². The number of carbonyl (C=O) groups is 1. The van der Waals surface area contributed by atoms with E-state index in [0.29, 0.717) is 31.6 Å². The van der Waals surface area contributed by atoms with Gasteiger partial charge in [-0.2, -0.15) is 0 Å². The fourth-order valence-corrected chi connectivity index (χ4v) is 4.55. The van der Waals surface area contributed by atoms with Gasteiger partial charge >= 0.3 is 5.97 Å². The van der Waals surface area contributed by atoms with E-state index >= 15 is 0 Å². The second-order valence-corrected chi connectivity index (χ2v) is 10.2. The minimum atomic E-state index is -1.06. The Hall–Kier alpha value is -2.64. The van der Waals surface area contributed by atoms with Gasteiger partial charge in [-0.3, -0.25) is 9.78 Å². The maximum Gasteiger partial charge on any atom is 0.313 e. The average Bonchev–Trinajstić information content (AvgIpc) is 2.76. The second-order valence-electron chi connectivity index (χ2n) is 8.52. The number of hydrogen-bond acceptors (Lipinski definition) is 4. The molecule has 33 heavy (non-hydrogen) atoms. The van der Waals surface area contributed by atoms with E-state index in [1.54, 1.807) is 44.4 Å². The van der Waals surface area contributed by atoms with Gasteiger partial charge in [-0.05, 0) is 99.2 Å². The smallest absolute Gasteiger partial charge is 0.313 e. The molecule has 0 saturated heterocycles. The number of carboxylic acids is 1. The summed E-state index contributed by atoms with van der Waals surface area (Å²) in [6.07, 6.45) is 7.16. The van der Waals surface area contributed by atoms with Crippen molar-refractivity contribution >= 4 is 50.0 Å². The molecule has 0 aliphatic heterocycles. The number of aromatic hydroxyl groups is 1. The van der Waals surface area contributed by atoms with E-state index < -0.39 is 11.4 Å². The molecule has 1 heterocycles. The van der Waals surface area contributed by atoms with Crippen molar-refractivity contribution in [2.24, 2.45) is 0 Å². The molecular weight excluding hydrogens is 550 g/mol. The number of benzene rings is 2. The maximum atomic E-state index is 11.7. The largest absolute Gasteiger partial charge is 0.507 e. The first-order valence-corrected chi connectivity index (χ1v) is 11.9. The van der Waals surface area contributed by atoms with Crippen molar-refractivity contribution in [3.05, 3.63) is 80.0 Å². The number of aromatic nitrogens is 1. The number of carboxylic acid groups (broad SMARTS) is 1. The highest BCUT2D eigenvalue weighted by atomic mass is 79.9. The van der Waals surface area contributed by atoms with Crippen LogP contribution in [-0.4, -0.2) is 21.2 Å². The fraction of sp³-hybridized carbons (Fsp3) is 0.231. The third kappa shape index (κ3) is 5.65. The Labute approximate surface area is 210 Å². The molecule has 5 nitrogen and oxygen atoms in total. The van der Waals surface area contributed by atoms with E-state index in [0.717, 1.165) is 11.1 Å². The van der Waals surface area contributed by atoms with Gasteiger partial charge < -0.3 is 14.9 Å². The molecular formula is C26H25Br2NO4. The van der Waals surface area contributed by atoms with E-state index in [1.165, 1.54) is 0 Å². The second kappa shape index (κ2) is 10.1. The number of nitrogens with zero attached hydrogens (tertiary/aromatic N) is 1. The Morgan fingerprint density at radius 3 is 2.21 bits per heavy atom. The van der Waals surface area contributed by atoms with Crippen molar-refractivity contribution in [2.45, 2.75) is 39.0 Å². The summed E-state index contributed by atoms with van der Waals surface area (Å²) in [6, 6.07) is 10.9. The maximum absolute atomic E-state index is 11.7. The first kappa shape index (κ1) is 25.0. The molecule has 0 radical (unpaired) electrons. The first-order valence-electron chi connectivity index (χ1n) is 10.4. The topological polar surface area (TPSA) is 79.7 Å². The number of hydrogen-bond donors (Lipinski definition) is 2. The summed E-state index contributed by atoms with van der Waals surface area (Å²) in [4.78, 5) is 15.7. The zero-order chi connectivity index (χ0) is 24.3. The van der Waals surface area contributed by atoms with Gasteiger partial charge in [0.05, 0.1) is 14.4 Å². The lowest BCUT2D eigenvalue weighted by molar-refractivity contribution is -0.142. The van der Waals surface area contributed by atoms with Crippen LogP contribution < -0.4 is 4.74 Å². The lowest BCUT2D eigenvalue weighted by Gasteiger charge is -2.22. The standard InChI is InChI=1S/C26H25Br2NO4/c1-15(2)20-14-19(11-17(23(20)30)6-5-16-7-9-29-10-8-16)33-24-21(27)12-18(13-22(24)28)26(3,4)25(31)32/h5-15,30H,1-4H3,(H,31,32)/b6-5+. The Morgan fingerprint density at radius 1 is 1.06 bits per heavy atom. The van der Waals surface area contributed by atoms with Gasteiger partial charge in [0.25, 0.3) is 0 Å². The number of phenols is 1. The van der Waals surface area contributed by atoms with Gasteiger partial charge in [0, 0.05) is 23.5 Å². The molecule has 0 aliphatic rings. The van der Waals surface area contributed by atoms with E-state index in [9.17, 15) is 15.0 Å². The molecule has 0 bridgehead atoms. The summed E-state index contributed by atoms with van der Waals surface area (Å²) in [6.45, 7) is 7.31. The number of rotatable bonds is 7. The zero-order valence-corrected chi connectivity index (χ0v) is 21.9. The van der Waals surface area contributed by atoms with Crippen LogP contribution in [0.1, 0.15) is 55.9 Å². The van der Waals surface area contributed by atoms with Gasteiger partial charge in [0.1, 0.15) is 11.5 Å². The third-order valence-electron chi connectivity index (χ3n) is 5.40. The van der Waals surface area contributed by atoms with Crippen LogP contribution >= 0.6 is 31.9 Å². The van der Waals surface area contributed by atoms with Crippen molar-refractivity contribution in [1.29, 1.82) is 0 Å².